The first-order chi connectivity index (χ1) is 8.97. The van der Waals surface area contributed by atoms with Crippen LogP contribution in [-0.2, 0) is 0 Å². The van der Waals surface area contributed by atoms with Crippen LogP contribution >= 0.6 is 0 Å². The number of aromatic carboxylic acids is 1. The molecular weight excluding hydrogens is 246 g/mol. The van der Waals surface area contributed by atoms with E-state index in [1.165, 1.54) is 6.07 Å². The Morgan fingerprint density at radius 1 is 1.26 bits per heavy atom. The second-order valence-corrected chi connectivity index (χ2v) is 4.24. The molecule has 6 heteroatoms. The van der Waals surface area contributed by atoms with Gasteiger partial charge in [-0.25, -0.2) is 4.79 Å². The lowest BCUT2D eigenvalue weighted by molar-refractivity contribution is 0.0690. The molecule has 0 atom stereocenters. The summed E-state index contributed by atoms with van der Waals surface area (Å²) >= 11 is 0. The Morgan fingerprint density at radius 2 is 2.00 bits per heavy atom. The number of anilines is 1. The smallest absolute Gasteiger partial charge is 0.353 e. The fourth-order valence-electron chi connectivity index (χ4n) is 1.66. The minimum Gasteiger partial charge on any atom is -0.477 e. The monoisotopic (exact) mass is 259 g/mol. The van der Waals surface area contributed by atoms with Crippen LogP contribution in [0.15, 0.2) is 24.3 Å². The Labute approximate surface area is 109 Å². The number of nitrogens with zero attached hydrogens (tertiary/aromatic N) is 1. The van der Waals surface area contributed by atoms with Gasteiger partial charge in [-0.15, -0.1) is 0 Å². The van der Waals surface area contributed by atoms with E-state index in [-0.39, 0.29) is 17.4 Å². The van der Waals surface area contributed by atoms with Crippen LogP contribution in [0.3, 0.4) is 0 Å². The summed E-state index contributed by atoms with van der Waals surface area (Å²) in [6.07, 6.45) is 0. The molecule has 2 rings (SSSR count). The molecule has 0 saturated heterocycles. The Hall–Kier alpha value is -2.63. The molecule has 0 spiro atoms. The summed E-state index contributed by atoms with van der Waals surface area (Å²) in [7, 11) is 0. The third-order valence-electron chi connectivity index (χ3n) is 2.69. The average Bonchev–Trinajstić information content (AvgIpc) is 2.80. The molecule has 0 aliphatic heterocycles. The van der Waals surface area contributed by atoms with Crippen molar-refractivity contribution >= 4 is 17.7 Å². The van der Waals surface area contributed by atoms with Gasteiger partial charge in [0.15, 0.2) is 5.82 Å². The fraction of sp³-hybridized carbons (Fsp3) is 0.154. The van der Waals surface area contributed by atoms with E-state index in [0.29, 0.717) is 5.56 Å². The number of rotatable bonds is 3. The number of aromatic amines is 1. The number of H-pyrrole nitrogens is 1. The minimum absolute atomic E-state index is 0.0729. The van der Waals surface area contributed by atoms with E-state index in [1.54, 1.807) is 6.07 Å². The summed E-state index contributed by atoms with van der Waals surface area (Å²) in [6.45, 7) is 3.73. The summed E-state index contributed by atoms with van der Waals surface area (Å²) < 4.78 is 0. The predicted octanol–water partition coefficient (Wildman–Crippen LogP) is 1.98. The topological polar surface area (TPSA) is 95.1 Å². The lowest BCUT2D eigenvalue weighted by Crippen LogP contribution is -2.13. The van der Waals surface area contributed by atoms with Gasteiger partial charge < -0.3 is 10.4 Å². The molecule has 6 nitrogen and oxygen atoms in total. The number of amides is 1. The van der Waals surface area contributed by atoms with E-state index in [4.69, 9.17) is 5.11 Å². The maximum Gasteiger partial charge on any atom is 0.353 e. The van der Waals surface area contributed by atoms with Crippen LogP contribution in [0.25, 0.3) is 0 Å². The summed E-state index contributed by atoms with van der Waals surface area (Å²) in [4.78, 5) is 22.7. The van der Waals surface area contributed by atoms with Gasteiger partial charge in [0.2, 0.25) is 0 Å². The van der Waals surface area contributed by atoms with Crippen molar-refractivity contribution in [2.45, 2.75) is 13.8 Å². The van der Waals surface area contributed by atoms with Gasteiger partial charge in [-0.05, 0) is 25.5 Å². The molecule has 1 heterocycles. The van der Waals surface area contributed by atoms with Crippen molar-refractivity contribution in [3.8, 4) is 0 Å². The van der Waals surface area contributed by atoms with Gasteiger partial charge in [0.25, 0.3) is 5.91 Å². The molecule has 0 aliphatic carbocycles. The fourth-order valence-corrected chi connectivity index (χ4v) is 1.66. The van der Waals surface area contributed by atoms with Crippen molar-refractivity contribution in [2.75, 3.05) is 5.32 Å². The first kappa shape index (κ1) is 12.8. The highest BCUT2D eigenvalue weighted by Gasteiger charge is 2.13. The zero-order valence-electron chi connectivity index (χ0n) is 10.5. The van der Waals surface area contributed by atoms with Crippen molar-refractivity contribution in [2.24, 2.45) is 0 Å². The van der Waals surface area contributed by atoms with Crippen LogP contribution < -0.4 is 5.32 Å². The quantitative estimate of drug-likeness (QED) is 0.785. The van der Waals surface area contributed by atoms with Crippen molar-refractivity contribution in [1.82, 2.24) is 10.2 Å². The standard InChI is InChI=1S/C13H13N3O3/c1-7-3-4-8(2)9(5-7)12(17)14-11-6-10(13(18)19)15-16-11/h3-6H,1-2H3,(H,18,19)(H2,14,15,16,17). The largest absolute Gasteiger partial charge is 0.477 e. The van der Waals surface area contributed by atoms with Gasteiger partial charge in [-0.3, -0.25) is 9.89 Å². The van der Waals surface area contributed by atoms with E-state index in [1.807, 2.05) is 26.0 Å². The number of aryl methyl sites for hydroxylation is 2. The highest BCUT2D eigenvalue weighted by atomic mass is 16.4. The lowest BCUT2D eigenvalue weighted by Gasteiger charge is -2.06. The number of carbonyl (C=O) groups is 2. The van der Waals surface area contributed by atoms with Crippen LogP contribution in [0.2, 0.25) is 0 Å². The first-order valence-corrected chi connectivity index (χ1v) is 5.64. The van der Waals surface area contributed by atoms with Crippen molar-refractivity contribution < 1.29 is 14.7 Å². The van der Waals surface area contributed by atoms with Crippen LogP contribution in [0, 0.1) is 13.8 Å². The maximum atomic E-state index is 12.1. The highest BCUT2D eigenvalue weighted by molar-refractivity contribution is 6.05. The van der Waals surface area contributed by atoms with E-state index in [0.717, 1.165) is 11.1 Å². The number of hydrogen-bond acceptors (Lipinski definition) is 3. The molecule has 0 bridgehead atoms. The van der Waals surface area contributed by atoms with Gasteiger partial charge in [0.05, 0.1) is 0 Å². The molecule has 1 aromatic carbocycles. The molecule has 0 radical (unpaired) electrons. The van der Waals surface area contributed by atoms with Crippen molar-refractivity contribution in [3.63, 3.8) is 0 Å². The van der Waals surface area contributed by atoms with Gasteiger partial charge in [-0.2, -0.15) is 5.10 Å². The molecule has 0 fully saturated rings. The van der Waals surface area contributed by atoms with E-state index in [2.05, 4.69) is 15.5 Å². The van der Waals surface area contributed by atoms with Crippen LogP contribution in [0.5, 0.6) is 0 Å². The highest BCUT2D eigenvalue weighted by Crippen LogP contribution is 2.13. The second-order valence-electron chi connectivity index (χ2n) is 4.24. The molecular formula is C13H13N3O3. The summed E-state index contributed by atoms with van der Waals surface area (Å²) in [5, 5.41) is 17.3. The Balaban J connectivity index is 2.20. The first-order valence-electron chi connectivity index (χ1n) is 5.64. The van der Waals surface area contributed by atoms with Gasteiger partial charge in [-0.1, -0.05) is 17.7 Å². The zero-order chi connectivity index (χ0) is 14.0. The SMILES string of the molecule is Cc1ccc(C)c(C(=O)Nc2cc(C(=O)O)[nH]n2)c1. The van der Waals surface area contributed by atoms with Crippen molar-refractivity contribution in [1.29, 1.82) is 0 Å². The van der Waals surface area contributed by atoms with Crippen LogP contribution in [-0.4, -0.2) is 27.2 Å². The summed E-state index contributed by atoms with van der Waals surface area (Å²) in [5.41, 5.74) is 2.29. The van der Waals surface area contributed by atoms with Gasteiger partial charge >= 0.3 is 5.97 Å². The number of carboxylic acid groups (broad SMARTS) is 1. The molecule has 0 unspecified atom stereocenters. The third kappa shape index (κ3) is 2.79. The number of aromatic nitrogens is 2. The predicted molar refractivity (Wildman–Crippen MR) is 69.4 cm³/mol. The third-order valence-corrected chi connectivity index (χ3v) is 2.69. The zero-order valence-corrected chi connectivity index (χ0v) is 10.5. The Bertz CT molecular complexity index is 646. The Morgan fingerprint density at radius 3 is 2.63 bits per heavy atom. The number of benzene rings is 1. The number of carbonyl (C=O) groups excluding carboxylic acids is 1. The van der Waals surface area contributed by atoms with E-state index in [9.17, 15) is 9.59 Å². The maximum absolute atomic E-state index is 12.1. The number of carboxylic acids is 1. The molecule has 0 aliphatic rings. The average molecular weight is 259 g/mol. The summed E-state index contributed by atoms with van der Waals surface area (Å²) in [5.74, 6) is -1.26. The molecule has 0 saturated carbocycles. The normalized spacial score (nSPS) is 10.2. The van der Waals surface area contributed by atoms with E-state index < -0.39 is 5.97 Å². The van der Waals surface area contributed by atoms with Gasteiger partial charge in [0.1, 0.15) is 5.69 Å². The Kier molecular flexibility index (Phi) is 3.33. The molecule has 98 valence electrons. The van der Waals surface area contributed by atoms with Crippen molar-refractivity contribution in [3.05, 3.63) is 46.6 Å². The molecule has 3 N–H and O–H groups in total. The molecule has 1 aromatic heterocycles. The van der Waals surface area contributed by atoms with Crippen LogP contribution in [0.4, 0.5) is 5.82 Å². The lowest BCUT2D eigenvalue weighted by atomic mass is 10.1. The number of nitrogens with one attached hydrogen (secondary N) is 2. The van der Waals surface area contributed by atoms with Crippen LogP contribution in [0.1, 0.15) is 32.0 Å². The minimum atomic E-state index is -1.13. The van der Waals surface area contributed by atoms with Gasteiger partial charge in [0, 0.05) is 11.6 Å². The molecule has 2 aromatic rings. The summed E-state index contributed by atoms with van der Waals surface area (Å²) in [6, 6.07) is 6.82. The van der Waals surface area contributed by atoms with E-state index >= 15 is 0 Å². The second kappa shape index (κ2) is 4.93. The molecule has 19 heavy (non-hydrogen) atoms. The molecule has 1 amide bonds. The number of hydrogen-bond donors (Lipinski definition) is 3.